The van der Waals surface area contributed by atoms with Gasteiger partial charge in [-0.05, 0) is 39.7 Å². The molecule has 0 fully saturated rings. The van der Waals surface area contributed by atoms with Crippen LogP contribution < -0.4 is 10.5 Å². The van der Waals surface area contributed by atoms with Gasteiger partial charge in [-0.1, -0.05) is 0 Å². The van der Waals surface area contributed by atoms with Crippen molar-refractivity contribution < 1.29 is 9.13 Å². The van der Waals surface area contributed by atoms with E-state index in [1.807, 2.05) is 12.1 Å². The highest BCUT2D eigenvalue weighted by molar-refractivity contribution is 9.10. The van der Waals surface area contributed by atoms with Crippen molar-refractivity contribution in [1.29, 1.82) is 0 Å². The fraction of sp³-hybridized carbons (Fsp3) is 0.154. The first-order valence-corrected chi connectivity index (χ1v) is 6.22. The molecule has 94 valence electrons. The number of hydrogen-bond donors (Lipinski definition) is 1. The van der Waals surface area contributed by atoms with Crippen LogP contribution in [0.3, 0.4) is 0 Å². The first kappa shape index (κ1) is 12.8. The van der Waals surface area contributed by atoms with Crippen LogP contribution in [0.2, 0.25) is 0 Å². The van der Waals surface area contributed by atoms with E-state index >= 15 is 0 Å². The Balaban J connectivity index is 1.97. The molecule has 2 N–H and O–H groups in total. The lowest BCUT2D eigenvalue weighted by Gasteiger charge is -2.09. The number of nitrogens with zero attached hydrogens (tertiary/aromatic N) is 1. The summed E-state index contributed by atoms with van der Waals surface area (Å²) in [5.41, 5.74) is 7.27. The van der Waals surface area contributed by atoms with Crippen LogP contribution in [0.25, 0.3) is 0 Å². The van der Waals surface area contributed by atoms with Crippen molar-refractivity contribution in [3.63, 3.8) is 0 Å². The van der Waals surface area contributed by atoms with Crippen molar-refractivity contribution in [3.05, 3.63) is 52.5 Å². The van der Waals surface area contributed by atoms with Crippen molar-refractivity contribution in [1.82, 2.24) is 4.98 Å². The predicted octanol–water partition coefficient (Wildman–Crippen LogP) is 3.19. The second kappa shape index (κ2) is 5.82. The van der Waals surface area contributed by atoms with Crippen molar-refractivity contribution >= 4 is 21.6 Å². The maximum absolute atomic E-state index is 13.3. The first-order valence-electron chi connectivity index (χ1n) is 5.43. The minimum atomic E-state index is -0.386. The number of benzene rings is 1. The zero-order valence-electron chi connectivity index (χ0n) is 9.57. The second-order valence-corrected chi connectivity index (χ2v) is 4.61. The summed E-state index contributed by atoms with van der Waals surface area (Å²) in [5, 5.41) is 0. The van der Waals surface area contributed by atoms with E-state index in [1.54, 1.807) is 12.4 Å². The molecular formula is C13H12BrFN2O. The summed E-state index contributed by atoms with van der Waals surface area (Å²) in [5.74, 6) is -0.0205. The van der Waals surface area contributed by atoms with Crippen LogP contribution in [0.15, 0.2) is 41.1 Å². The van der Waals surface area contributed by atoms with E-state index in [9.17, 15) is 4.39 Å². The Morgan fingerprint density at radius 2 is 2.00 bits per heavy atom. The molecule has 3 nitrogen and oxygen atoms in total. The van der Waals surface area contributed by atoms with Crippen molar-refractivity contribution in [3.8, 4) is 5.75 Å². The van der Waals surface area contributed by atoms with Gasteiger partial charge in [0, 0.05) is 24.9 Å². The summed E-state index contributed by atoms with van der Waals surface area (Å²) < 4.78 is 19.1. The van der Waals surface area contributed by atoms with Crippen molar-refractivity contribution in [2.75, 3.05) is 12.3 Å². The van der Waals surface area contributed by atoms with E-state index in [4.69, 9.17) is 10.5 Å². The van der Waals surface area contributed by atoms with Crippen LogP contribution in [0.1, 0.15) is 5.56 Å². The average molecular weight is 311 g/mol. The quantitative estimate of drug-likeness (QED) is 0.882. The lowest BCUT2D eigenvalue weighted by molar-refractivity contribution is 0.322. The smallest absolute Gasteiger partial charge is 0.145 e. The molecule has 5 heteroatoms. The van der Waals surface area contributed by atoms with Gasteiger partial charge in [0.1, 0.15) is 11.6 Å². The van der Waals surface area contributed by atoms with Crippen LogP contribution in [-0.4, -0.2) is 11.6 Å². The van der Waals surface area contributed by atoms with Crippen molar-refractivity contribution in [2.24, 2.45) is 0 Å². The van der Waals surface area contributed by atoms with E-state index < -0.39 is 0 Å². The first-order chi connectivity index (χ1) is 8.66. The summed E-state index contributed by atoms with van der Waals surface area (Å²) in [6.45, 7) is 0.440. The molecule has 0 bridgehead atoms. The fourth-order valence-corrected chi connectivity index (χ4v) is 1.86. The highest BCUT2D eigenvalue weighted by Gasteiger charge is 2.06. The molecule has 0 spiro atoms. The molecule has 2 aromatic rings. The number of halogens is 2. The van der Waals surface area contributed by atoms with Gasteiger partial charge in [0.15, 0.2) is 0 Å². The number of hydrogen-bond acceptors (Lipinski definition) is 3. The highest BCUT2D eigenvalue weighted by Crippen LogP contribution is 2.28. The van der Waals surface area contributed by atoms with E-state index in [2.05, 4.69) is 20.9 Å². The van der Waals surface area contributed by atoms with E-state index in [0.29, 0.717) is 22.5 Å². The lowest BCUT2D eigenvalue weighted by Crippen LogP contribution is -2.04. The third-order valence-corrected chi connectivity index (χ3v) is 3.06. The molecular weight excluding hydrogens is 299 g/mol. The van der Waals surface area contributed by atoms with Crippen LogP contribution >= 0.6 is 15.9 Å². The van der Waals surface area contributed by atoms with Gasteiger partial charge in [0.2, 0.25) is 0 Å². The number of rotatable bonds is 4. The zero-order chi connectivity index (χ0) is 13.0. The Hall–Kier alpha value is -1.62. The Kier molecular flexibility index (Phi) is 4.15. The molecule has 1 heterocycles. The van der Waals surface area contributed by atoms with Gasteiger partial charge >= 0.3 is 0 Å². The highest BCUT2D eigenvalue weighted by atomic mass is 79.9. The second-order valence-electron chi connectivity index (χ2n) is 3.76. The molecule has 18 heavy (non-hydrogen) atoms. The molecule has 0 atom stereocenters. The molecule has 0 aliphatic heterocycles. The van der Waals surface area contributed by atoms with Crippen LogP contribution in [-0.2, 0) is 6.42 Å². The van der Waals surface area contributed by atoms with Gasteiger partial charge in [0.25, 0.3) is 0 Å². The number of nitrogen functional groups attached to an aromatic ring is 1. The molecule has 2 rings (SSSR count). The molecule has 0 unspecified atom stereocenters. The topological polar surface area (TPSA) is 48.1 Å². The molecule has 0 aliphatic rings. The Morgan fingerprint density at radius 3 is 2.72 bits per heavy atom. The monoisotopic (exact) mass is 310 g/mol. The van der Waals surface area contributed by atoms with E-state index in [1.165, 1.54) is 12.1 Å². The summed E-state index contributed by atoms with van der Waals surface area (Å²) in [6.07, 6.45) is 4.17. The molecule has 0 amide bonds. The third kappa shape index (κ3) is 3.20. The largest absolute Gasteiger partial charge is 0.491 e. The Bertz CT molecular complexity index is 534. The summed E-state index contributed by atoms with van der Waals surface area (Å²) in [4.78, 5) is 3.93. The summed E-state index contributed by atoms with van der Waals surface area (Å²) in [6, 6.07) is 6.60. The maximum atomic E-state index is 13.3. The minimum absolute atomic E-state index is 0.335. The van der Waals surface area contributed by atoms with Crippen LogP contribution in [0, 0.1) is 5.82 Å². The molecule has 0 aliphatic carbocycles. The zero-order valence-corrected chi connectivity index (χ0v) is 11.2. The number of anilines is 1. The molecule has 1 aromatic carbocycles. The van der Waals surface area contributed by atoms with Gasteiger partial charge in [-0.15, -0.1) is 0 Å². The molecule has 0 radical (unpaired) electrons. The minimum Gasteiger partial charge on any atom is -0.491 e. The van der Waals surface area contributed by atoms with Gasteiger partial charge in [-0.2, -0.15) is 0 Å². The van der Waals surface area contributed by atoms with E-state index in [0.717, 1.165) is 12.0 Å². The van der Waals surface area contributed by atoms with Gasteiger partial charge < -0.3 is 10.5 Å². The number of aromatic nitrogens is 1. The van der Waals surface area contributed by atoms with Gasteiger partial charge in [-0.25, -0.2) is 4.39 Å². The normalized spacial score (nSPS) is 10.3. The molecule has 0 saturated heterocycles. The van der Waals surface area contributed by atoms with Crippen LogP contribution in [0.5, 0.6) is 5.75 Å². The Morgan fingerprint density at radius 1 is 1.28 bits per heavy atom. The van der Waals surface area contributed by atoms with Gasteiger partial charge in [-0.3, -0.25) is 4.98 Å². The standard InChI is InChI=1S/C13H12BrFN2O/c14-10-7-12(16)13(8-11(10)15)18-6-3-9-1-4-17-5-2-9/h1-2,4-5,7-8H,3,6,16H2. The fourth-order valence-electron chi connectivity index (χ4n) is 1.50. The molecule has 0 saturated carbocycles. The number of pyridine rings is 1. The SMILES string of the molecule is Nc1cc(Br)c(F)cc1OCCc1ccncc1. The summed E-state index contributed by atoms with van der Waals surface area (Å²) in [7, 11) is 0. The third-order valence-electron chi connectivity index (χ3n) is 2.45. The number of nitrogens with two attached hydrogens (primary N) is 1. The lowest BCUT2D eigenvalue weighted by atomic mass is 10.2. The Labute approximate surface area is 113 Å². The summed E-state index contributed by atoms with van der Waals surface area (Å²) >= 11 is 3.07. The molecule has 1 aromatic heterocycles. The van der Waals surface area contributed by atoms with Crippen molar-refractivity contribution in [2.45, 2.75) is 6.42 Å². The van der Waals surface area contributed by atoms with E-state index in [-0.39, 0.29) is 5.82 Å². The van der Waals surface area contributed by atoms with Gasteiger partial charge in [0.05, 0.1) is 16.8 Å². The van der Waals surface area contributed by atoms with Crippen LogP contribution in [0.4, 0.5) is 10.1 Å². The number of ether oxygens (including phenoxy) is 1. The predicted molar refractivity (Wildman–Crippen MR) is 71.9 cm³/mol. The average Bonchev–Trinajstić information content (AvgIpc) is 2.37. The maximum Gasteiger partial charge on any atom is 0.145 e.